The van der Waals surface area contributed by atoms with Gasteiger partial charge >= 0.3 is 0 Å². The smallest absolute Gasteiger partial charge is 0.229 e. The Hall–Kier alpha value is -2.95. The molecule has 2 aromatic rings. The number of rotatable bonds is 4. The molecule has 3 rings (SSSR count). The highest BCUT2D eigenvalue weighted by Crippen LogP contribution is 2.28. The molecule has 1 heterocycles. The molecule has 1 fully saturated rings. The van der Waals surface area contributed by atoms with Gasteiger partial charge in [-0.2, -0.15) is 0 Å². The van der Waals surface area contributed by atoms with Crippen molar-refractivity contribution in [3.8, 4) is 0 Å². The summed E-state index contributed by atoms with van der Waals surface area (Å²) in [7, 11) is 0. The van der Waals surface area contributed by atoms with Crippen molar-refractivity contribution < 1.29 is 14.4 Å². The van der Waals surface area contributed by atoms with E-state index in [4.69, 9.17) is 0 Å². The minimum Gasteiger partial charge on any atom is -0.326 e. The third kappa shape index (κ3) is 3.60. The zero-order chi connectivity index (χ0) is 18.0. The van der Waals surface area contributed by atoms with Crippen LogP contribution in [0.3, 0.4) is 0 Å². The fourth-order valence-electron chi connectivity index (χ4n) is 3.01. The van der Waals surface area contributed by atoms with Gasteiger partial charge in [0.2, 0.25) is 11.8 Å². The maximum Gasteiger partial charge on any atom is 0.229 e. The Bertz CT molecular complexity index is 827. The van der Waals surface area contributed by atoms with E-state index in [0.29, 0.717) is 17.8 Å². The molecule has 1 aliphatic heterocycles. The Morgan fingerprint density at radius 3 is 2.40 bits per heavy atom. The lowest BCUT2D eigenvalue weighted by Gasteiger charge is -2.19. The van der Waals surface area contributed by atoms with Gasteiger partial charge in [-0.05, 0) is 49.7 Å². The lowest BCUT2D eigenvalue weighted by atomic mass is 10.1. The van der Waals surface area contributed by atoms with E-state index < -0.39 is 0 Å². The fraction of sp³-hybridized carbons (Fsp3) is 0.250. The van der Waals surface area contributed by atoms with Crippen molar-refractivity contribution in [2.24, 2.45) is 5.92 Å². The van der Waals surface area contributed by atoms with Crippen molar-refractivity contribution in [2.75, 3.05) is 16.8 Å². The maximum absolute atomic E-state index is 12.5. The highest BCUT2D eigenvalue weighted by atomic mass is 16.2. The number of nitrogens with one attached hydrogen (secondary N) is 1. The molecular formula is C20H20N2O3. The van der Waals surface area contributed by atoms with Crippen LogP contribution in [0.4, 0.5) is 11.4 Å². The van der Waals surface area contributed by atoms with E-state index in [1.807, 2.05) is 31.2 Å². The molecule has 1 atom stereocenters. The molecule has 1 N–H and O–H groups in total. The van der Waals surface area contributed by atoms with Crippen molar-refractivity contribution in [3.05, 3.63) is 59.7 Å². The topological polar surface area (TPSA) is 66.5 Å². The highest BCUT2D eigenvalue weighted by molar-refractivity contribution is 6.04. The molecule has 5 nitrogen and oxygen atoms in total. The van der Waals surface area contributed by atoms with Crippen LogP contribution >= 0.6 is 0 Å². The second kappa shape index (κ2) is 6.89. The van der Waals surface area contributed by atoms with E-state index >= 15 is 0 Å². The maximum atomic E-state index is 12.5. The van der Waals surface area contributed by atoms with Gasteiger partial charge in [-0.1, -0.05) is 18.2 Å². The van der Waals surface area contributed by atoms with Crippen molar-refractivity contribution in [2.45, 2.75) is 20.3 Å². The lowest BCUT2D eigenvalue weighted by molar-refractivity contribution is -0.122. The van der Waals surface area contributed by atoms with Gasteiger partial charge < -0.3 is 10.2 Å². The van der Waals surface area contributed by atoms with Crippen LogP contribution in [0.1, 0.15) is 29.3 Å². The zero-order valence-electron chi connectivity index (χ0n) is 14.3. The molecule has 5 heteroatoms. The first-order valence-electron chi connectivity index (χ1n) is 8.23. The van der Waals surface area contributed by atoms with Crippen molar-refractivity contribution in [1.29, 1.82) is 0 Å². The van der Waals surface area contributed by atoms with E-state index in [9.17, 15) is 14.4 Å². The third-order valence-corrected chi connectivity index (χ3v) is 4.46. The molecular weight excluding hydrogens is 316 g/mol. The number of anilines is 2. The molecule has 128 valence electrons. The largest absolute Gasteiger partial charge is 0.326 e. The monoisotopic (exact) mass is 336 g/mol. The Labute approximate surface area is 146 Å². The summed E-state index contributed by atoms with van der Waals surface area (Å²) in [5.41, 5.74) is 3.09. The Balaban J connectivity index is 1.68. The van der Waals surface area contributed by atoms with Crippen LogP contribution in [0.2, 0.25) is 0 Å². The van der Waals surface area contributed by atoms with Crippen LogP contribution in [0.5, 0.6) is 0 Å². The zero-order valence-corrected chi connectivity index (χ0v) is 14.3. The van der Waals surface area contributed by atoms with Crippen LogP contribution in [-0.4, -0.2) is 24.1 Å². The molecule has 0 aromatic heterocycles. The first-order valence-corrected chi connectivity index (χ1v) is 8.23. The molecule has 1 aliphatic rings. The number of nitrogens with zero attached hydrogens (tertiary/aromatic N) is 1. The molecule has 1 saturated heterocycles. The quantitative estimate of drug-likeness (QED) is 0.872. The fourth-order valence-corrected chi connectivity index (χ4v) is 3.01. The number of aryl methyl sites for hydroxylation is 1. The third-order valence-electron chi connectivity index (χ3n) is 4.46. The Kier molecular flexibility index (Phi) is 4.65. The number of carbonyl (C=O) groups excluding carboxylic acids is 3. The number of ketones is 1. The Morgan fingerprint density at radius 1 is 1.08 bits per heavy atom. The normalized spacial score (nSPS) is 16.8. The summed E-state index contributed by atoms with van der Waals surface area (Å²) in [5.74, 6) is -0.630. The number of hydrogen-bond acceptors (Lipinski definition) is 3. The minimum absolute atomic E-state index is 0.0202. The molecule has 25 heavy (non-hydrogen) atoms. The van der Waals surface area contributed by atoms with Crippen LogP contribution < -0.4 is 10.2 Å². The summed E-state index contributed by atoms with van der Waals surface area (Å²) < 4.78 is 0. The highest BCUT2D eigenvalue weighted by Gasteiger charge is 2.35. The summed E-state index contributed by atoms with van der Waals surface area (Å²) in [6.45, 7) is 3.82. The number of benzene rings is 2. The Morgan fingerprint density at radius 2 is 1.76 bits per heavy atom. The summed E-state index contributed by atoms with van der Waals surface area (Å²) in [5, 5.41) is 2.83. The first kappa shape index (κ1) is 16.9. The van der Waals surface area contributed by atoms with Gasteiger partial charge in [-0.25, -0.2) is 0 Å². The van der Waals surface area contributed by atoms with Crippen molar-refractivity contribution in [3.63, 3.8) is 0 Å². The average Bonchev–Trinajstić information content (AvgIpc) is 2.97. The van der Waals surface area contributed by atoms with Crippen LogP contribution in [0.25, 0.3) is 0 Å². The van der Waals surface area contributed by atoms with Gasteiger partial charge in [0, 0.05) is 29.9 Å². The number of para-hydroxylation sites is 1. The second-order valence-electron chi connectivity index (χ2n) is 6.31. The molecule has 2 amide bonds. The minimum atomic E-state index is -0.389. The summed E-state index contributed by atoms with van der Waals surface area (Å²) in [4.78, 5) is 37.8. The molecule has 0 aliphatic carbocycles. The van der Waals surface area contributed by atoms with E-state index in [1.165, 1.54) is 6.92 Å². The van der Waals surface area contributed by atoms with Gasteiger partial charge in [-0.3, -0.25) is 14.4 Å². The van der Waals surface area contributed by atoms with Gasteiger partial charge in [0.05, 0.1) is 5.92 Å². The van der Waals surface area contributed by atoms with Crippen molar-refractivity contribution >= 4 is 29.0 Å². The van der Waals surface area contributed by atoms with Crippen LogP contribution in [0.15, 0.2) is 48.5 Å². The summed E-state index contributed by atoms with van der Waals surface area (Å²) >= 11 is 0. The van der Waals surface area contributed by atoms with E-state index in [1.54, 1.807) is 29.2 Å². The van der Waals surface area contributed by atoms with Gasteiger partial charge in [0.15, 0.2) is 5.78 Å². The van der Waals surface area contributed by atoms with Crippen LogP contribution in [0, 0.1) is 12.8 Å². The molecule has 0 bridgehead atoms. The van der Waals surface area contributed by atoms with Crippen LogP contribution in [-0.2, 0) is 9.59 Å². The SMILES string of the molecule is CC(=O)c1ccc(NC(=O)[C@@H]2CC(=O)N(c3ccccc3C)C2)cc1. The standard InChI is InChI=1S/C20H20N2O3/c1-13-5-3-4-6-18(13)22-12-16(11-19(22)24)20(25)21-17-9-7-15(8-10-17)14(2)23/h3-10,16H,11-12H2,1-2H3,(H,21,25)/t16-/m1/s1. The number of hydrogen-bond donors (Lipinski definition) is 1. The van der Waals surface area contributed by atoms with E-state index in [0.717, 1.165) is 11.3 Å². The predicted molar refractivity (Wildman–Crippen MR) is 96.7 cm³/mol. The number of carbonyl (C=O) groups is 3. The van der Waals surface area contributed by atoms with E-state index in [2.05, 4.69) is 5.32 Å². The summed E-state index contributed by atoms with van der Waals surface area (Å²) in [6, 6.07) is 14.4. The molecule has 2 aromatic carbocycles. The van der Waals surface area contributed by atoms with E-state index in [-0.39, 0.29) is 29.9 Å². The van der Waals surface area contributed by atoms with Crippen molar-refractivity contribution in [1.82, 2.24) is 0 Å². The second-order valence-corrected chi connectivity index (χ2v) is 6.31. The summed E-state index contributed by atoms with van der Waals surface area (Å²) in [6.07, 6.45) is 0.200. The molecule has 0 spiro atoms. The van der Waals surface area contributed by atoms with Gasteiger partial charge in [0.1, 0.15) is 0 Å². The average molecular weight is 336 g/mol. The first-order chi connectivity index (χ1) is 12.0. The predicted octanol–water partition coefficient (Wildman–Crippen LogP) is 3.19. The number of amides is 2. The van der Waals surface area contributed by atoms with Gasteiger partial charge in [-0.15, -0.1) is 0 Å². The lowest BCUT2D eigenvalue weighted by Crippen LogP contribution is -2.28. The number of Topliss-reactive ketones (excluding diaryl/α,β-unsaturated/α-hetero) is 1. The molecule has 0 saturated carbocycles. The molecule has 0 radical (unpaired) electrons. The molecule has 0 unspecified atom stereocenters. The van der Waals surface area contributed by atoms with Gasteiger partial charge in [0.25, 0.3) is 0 Å².